The predicted octanol–water partition coefficient (Wildman–Crippen LogP) is -2.45. The van der Waals surface area contributed by atoms with Crippen LogP contribution in [-0.4, -0.2) is 71.2 Å². The van der Waals surface area contributed by atoms with E-state index in [1.54, 1.807) is 0 Å². The van der Waals surface area contributed by atoms with Crippen LogP contribution in [0.4, 0.5) is 0 Å². The lowest BCUT2D eigenvalue weighted by molar-refractivity contribution is -0.141. The van der Waals surface area contributed by atoms with E-state index >= 15 is 0 Å². The molecule has 1 fully saturated rings. The molecule has 3 amide bonds. The summed E-state index contributed by atoms with van der Waals surface area (Å²) in [5.74, 6) is -2.41. The number of amides is 3. The maximum atomic E-state index is 12.1. The summed E-state index contributed by atoms with van der Waals surface area (Å²) in [4.78, 5) is 47.2. The predicted molar refractivity (Wildman–Crippen MR) is 80.2 cm³/mol. The van der Waals surface area contributed by atoms with Crippen molar-refractivity contribution in [3.8, 4) is 0 Å². The van der Waals surface area contributed by atoms with Gasteiger partial charge in [-0.15, -0.1) is 0 Å². The molecule has 1 saturated heterocycles. The first-order valence-corrected chi connectivity index (χ1v) is 7.43. The fraction of sp³-hybridized carbons (Fsp3) is 0.667. The third-order valence-corrected chi connectivity index (χ3v) is 3.63. The molecule has 22 heavy (non-hydrogen) atoms. The van der Waals surface area contributed by atoms with Gasteiger partial charge in [0.05, 0.1) is 12.6 Å². The van der Waals surface area contributed by atoms with Crippen LogP contribution in [0.15, 0.2) is 0 Å². The number of hydrogen-bond acceptors (Lipinski definition) is 6. The van der Waals surface area contributed by atoms with Crippen molar-refractivity contribution in [2.45, 2.75) is 24.9 Å². The highest BCUT2D eigenvalue weighted by Crippen LogP contribution is 2.17. The van der Waals surface area contributed by atoms with Crippen molar-refractivity contribution in [2.24, 2.45) is 5.73 Å². The van der Waals surface area contributed by atoms with Gasteiger partial charge in [0.15, 0.2) is 0 Å². The zero-order valence-corrected chi connectivity index (χ0v) is 12.8. The van der Waals surface area contributed by atoms with Crippen LogP contribution >= 0.6 is 12.6 Å². The van der Waals surface area contributed by atoms with Crippen LogP contribution in [0.25, 0.3) is 0 Å². The first kappa shape index (κ1) is 18.2. The molecule has 0 radical (unpaired) electrons. The van der Waals surface area contributed by atoms with E-state index in [-0.39, 0.29) is 12.3 Å². The minimum atomic E-state index is -1.16. The van der Waals surface area contributed by atoms with Gasteiger partial charge in [0.2, 0.25) is 17.7 Å². The van der Waals surface area contributed by atoms with Crippen LogP contribution < -0.4 is 16.4 Å². The second-order valence-corrected chi connectivity index (χ2v) is 5.23. The summed E-state index contributed by atoms with van der Waals surface area (Å²) in [6, 6.07) is -1.51. The number of carboxylic acids is 1. The minimum absolute atomic E-state index is 0.157. The summed E-state index contributed by atoms with van der Waals surface area (Å²) >= 11 is 3.89. The van der Waals surface area contributed by atoms with Gasteiger partial charge in [-0.25, -0.2) is 0 Å². The summed E-state index contributed by atoms with van der Waals surface area (Å²) in [5.41, 5.74) is 5.47. The standard InChI is InChI=1S/C12H20N4O5S/c13-7(6-22)11(20)14-4-9(17)16-3-1-2-8(16)12(21)15-5-10(18)19/h7-8,22H,1-6,13H2,(H,14,20)(H,15,21)(H,18,19). The molecular weight excluding hydrogens is 312 g/mol. The Labute approximate surface area is 133 Å². The molecule has 0 aromatic heterocycles. The van der Waals surface area contributed by atoms with E-state index in [4.69, 9.17) is 10.8 Å². The van der Waals surface area contributed by atoms with Gasteiger partial charge in [0.1, 0.15) is 12.6 Å². The van der Waals surface area contributed by atoms with Crippen molar-refractivity contribution >= 4 is 36.3 Å². The molecule has 1 heterocycles. The summed E-state index contributed by atoms with van der Waals surface area (Å²) in [6.45, 7) is -0.369. The average molecular weight is 332 g/mol. The molecule has 1 rings (SSSR count). The molecule has 9 nitrogen and oxygen atoms in total. The quantitative estimate of drug-likeness (QED) is 0.328. The fourth-order valence-corrected chi connectivity index (χ4v) is 2.26. The van der Waals surface area contributed by atoms with E-state index in [1.807, 2.05) is 0 Å². The van der Waals surface area contributed by atoms with Crippen LogP contribution in [0, 0.1) is 0 Å². The molecule has 5 N–H and O–H groups in total. The van der Waals surface area contributed by atoms with Gasteiger partial charge in [0.25, 0.3) is 0 Å². The number of rotatable bonds is 7. The van der Waals surface area contributed by atoms with E-state index < -0.39 is 42.3 Å². The molecule has 0 saturated carbocycles. The Kier molecular flexibility index (Phi) is 7.12. The van der Waals surface area contributed by atoms with Gasteiger partial charge in [-0.3, -0.25) is 19.2 Å². The van der Waals surface area contributed by atoms with Crippen LogP contribution in [0.1, 0.15) is 12.8 Å². The van der Waals surface area contributed by atoms with E-state index in [0.29, 0.717) is 19.4 Å². The van der Waals surface area contributed by atoms with E-state index in [0.717, 1.165) is 0 Å². The molecule has 1 aliphatic heterocycles. The number of carboxylic acid groups (broad SMARTS) is 1. The fourth-order valence-electron chi connectivity index (χ4n) is 2.10. The first-order chi connectivity index (χ1) is 10.4. The Bertz CT molecular complexity index is 459. The Morgan fingerprint density at radius 3 is 2.55 bits per heavy atom. The number of thiol groups is 1. The third-order valence-electron chi connectivity index (χ3n) is 3.24. The highest BCUT2D eigenvalue weighted by molar-refractivity contribution is 7.80. The van der Waals surface area contributed by atoms with Crippen LogP contribution in [0.2, 0.25) is 0 Å². The molecule has 124 valence electrons. The molecule has 1 aliphatic rings. The van der Waals surface area contributed by atoms with Gasteiger partial charge >= 0.3 is 5.97 Å². The highest BCUT2D eigenvalue weighted by atomic mass is 32.1. The molecule has 0 bridgehead atoms. The third kappa shape index (κ3) is 5.19. The number of nitrogens with zero attached hydrogens (tertiary/aromatic N) is 1. The normalized spacial score (nSPS) is 18.6. The zero-order chi connectivity index (χ0) is 16.7. The molecule has 2 atom stereocenters. The Morgan fingerprint density at radius 1 is 1.27 bits per heavy atom. The van der Waals surface area contributed by atoms with Crippen molar-refractivity contribution in [2.75, 3.05) is 25.4 Å². The monoisotopic (exact) mass is 332 g/mol. The summed E-state index contributed by atoms with van der Waals surface area (Å²) in [6.07, 6.45) is 1.10. The molecular formula is C12H20N4O5S. The zero-order valence-electron chi connectivity index (χ0n) is 11.9. The second kappa shape index (κ2) is 8.59. The van der Waals surface area contributed by atoms with Gasteiger partial charge in [0, 0.05) is 12.3 Å². The van der Waals surface area contributed by atoms with Crippen LogP contribution in [0.5, 0.6) is 0 Å². The Morgan fingerprint density at radius 2 is 1.95 bits per heavy atom. The van der Waals surface area contributed by atoms with Gasteiger partial charge in [-0.2, -0.15) is 12.6 Å². The largest absolute Gasteiger partial charge is 0.480 e. The minimum Gasteiger partial charge on any atom is -0.480 e. The Balaban J connectivity index is 2.51. The average Bonchev–Trinajstić information content (AvgIpc) is 2.98. The van der Waals surface area contributed by atoms with Gasteiger partial charge in [-0.1, -0.05) is 0 Å². The molecule has 10 heteroatoms. The number of aliphatic carboxylic acids is 1. The lowest BCUT2D eigenvalue weighted by Crippen LogP contribution is -2.51. The summed E-state index contributed by atoms with van der Waals surface area (Å²) in [5, 5.41) is 13.2. The smallest absolute Gasteiger partial charge is 0.322 e. The van der Waals surface area contributed by atoms with Crippen LogP contribution in [0.3, 0.4) is 0 Å². The summed E-state index contributed by atoms with van der Waals surface area (Å²) < 4.78 is 0. The molecule has 0 spiro atoms. The van der Waals surface area contributed by atoms with Crippen LogP contribution in [-0.2, 0) is 19.2 Å². The number of likely N-dealkylation sites (tertiary alicyclic amines) is 1. The van der Waals surface area contributed by atoms with E-state index in [1.165, 1.54) is 4.90 Å². The number of hydrogen-bond donors (Lipinski definition) is 5. The molecule has 0 aliphatic carbocycles. The van der Waals surface area contributed by atoms with Crippen molar-refractivity contribution in [3.05, 3.63) is 0 Å². The SMILES string of the molecule is NC(CS)C(=O)NCC(=O)N1CCCC1C(=O)NCC(=O)O. The molecule has 0 aromatic carbocycles. The number of carbonyl (C=O) groups excluding carboxylic acids is 3. The lowest BCUT2D eigenvalue weighted by Gasteiger charge is -2.24. The van der Waals surface area contributed by atoms with E-state index in [9.17, 15) is 19.2 Å². The first-order valence-electron chi connectivity index (χ1n) is 6.80. The van der Waals surface area contributed by atoms with Gasteiger partial charge in [-0.05, 0) is 12.8 Å². The number of carbonyl (C=O) groups is 4. The maximum Gasteiger partial charge on any atom is 0.322 e. The maximum absolute atomic E-state index is 12.1. The molecule has 0 aromatic rings. The lowest BCUT2D eigenvalue weighted by atomic mass is 10.2. The topological polar surface area (TPSA) is 142 Å². The Hall–Kier alpha value is -1.81. The molecule has 2 unspecified atom stereocenters. The van der Waals surface area contributed by atoms with Crippen molar-refractivity contribution in [1.82, 2.24) is 15.5 Å². The second-order valence-electron chi connectivity index (χ2n) is 4.86. The summed E-state index contributed by atoms with van der Waals surface area (Å²) in [7, 11) is 0. The van der Waals surface area contributed by atoms with Gasteiger partial charge < -0.3 is 26.4 Å². The van der Waals surface area contributed by atoms with Crippen molar-refractivity contribution in [3.63, 3.8) is 0 Å². The van der Waals surface area contributed by atoms with E-state index in [2.05, 4.69) is 23.3 Å². The highest BCUT2D eigenvalue weighted by Gasteiger charge is 2.34. The number of nitrogens with one attached hydrogen (secondary N) is 2. The number of nitrogens with two attached hydrogens (primary N) is 1. The van der Waals surface area contributed by atoms with Crippen molar-refractivity contribution < 1.29 is 24.3 Å². The van der Waals surface area contributed by atoms with Crippen molar-refractivity contribution in [1.29, 1.82) is 0 Å².